The molecule has 0 saturated carbocycles. The van der Waals surface area contributed by atoms with Gasteiger partial charge in [-0.3, -0.25) is 19.2 Å². The third-order valence-electron chi connectivity index (χ3n) is 7.95. The Morgan fingerprint density at radius 1 is 0.641 bits per heavy atom. The van der Waals surface area contributed by atoms with Gasteiger partial charge in [0, 0.05) is 15.6 Å². The van der Waals surface area contributed by atoms with E-state index in [1.54, 1.807) is 60.7 Å². The number of hydrogen-bond donors (Lipinski definition) is 0. The molecule has 0 N–H and O–H groups in total. The molecule has 2 heterocycles. The summed E-state index contributed by atoms with van der Waals surface area (Å²) in [5.74, 6) is -4.54. The van der Waals surface area contributed by atoms with E-state index in [1.165, 1.54) is 0 Å². The summed E-state index contributed by atoms with van der Waals surface area (Å²) in [6.07, 6.45) is -0.949. The second-order valence-electron chi connectivity index (χ2n) is 9.96. The van der Waals surface area contributed by atoms with E-state index in [4.69, 9.17) is 4.74 Å². The van der Waals surface area contributed by atoms with Crippen LogP contribution in [0.1, 0.15) is 32.4 Å². The van der Waals surface area contributed by atoms with Gasteiger partial charge in [-0.25, -0.2) is 4.90 Å². The lowest BCUT2D eigenvalue weighted by Crippen LogP contribution is -2.51. The van der Waals surface area contributed by atoms with Gasteiger partial charge in [0.15, 0.2) is 0 Å². The van der Waals surface area contributed by atoms with Crippen molar-refractivity contribution >= 4 is 45.0 Å². The highest BCUT2D eigenvalue weighted by Crippen LogP contribution is 2.57. The molecule has 0 radical (unpaired) electrons. The number of nitrogens with zero attached hydrogens (tertiary/aromatic N) is 1. The van der Waals surface area contributed by atoms with Crippen LogP contribution in [-0.2, 0) is 14.3 Å². The number of benzene rings is 4. The maximum atomic E-state index is 14.1. The number of hydrogen-bond acceptors (Lipinski definition) is 5. The van der Waals surface area contributed by atoms with Gasteiger partial charge in [0.1, 0.15) is 0 Å². The van der Waals surface area contributed by atoms with E-state index in [-0.39, 0.29) is 11.1 Å². The van der Waals surface area contributed by atoms with E-state index >= 15 is 0 Å². The summed E-state index contributed by atoms with van der Waals surface area (Å²) in [7, 11) is 0. The predicted octanol–water partition coefficient (Wildman–Crippen LogP) is 5.81. The zero-order valence-corrected chi connectivity index (χ0v) is 22.0. The van der Waals surface area contributed by atoms with Crippen molar-refractivity contribution < 1.29 is 23.9 Å². The quantitative estimate of drug-likeness (QED) is 0.227. The van der Waals surface area contributed by atoms with Gasteiger partial charge < -0.3 is 4.74 Å². The van der Waals surface area contributed by atoms with Gasteiger partial charge in [-0.2, -0.15) is 0 Å². The van der Waals surface area contributed by atoms with Crippen molar-refractivity contribution in [1.82, 2.24) is 0 Å². The maximum Gasteiger partial charge on any atom is 0.241 e. The van der Waals surface area contributed by atoms with Crippen molar-refractivity contribution in [3.05, 3.63) is 124 Å². The Labute approximate surface area is 232 Å². The van der Waals surface area contributed by atoms with Crippen molar-refractivity contribution in [2.45, 2.75) is 11.7 Å². The van der Waals surface area contributed by atoms with Crippen molar-refractivity contribution in [3.8, 4) is 11.1 Å². The summed E-state index contributed by atoms with van der Waals surface area (Å²) in [4.78, 5) is 57.0. The second-order valence-corrected chi connectivity index (χ2v) is 10.9. The number of anilines is 1. The van der Waals surface area contributed by atoms with Gasteiger partial charge in [-0.05, 0) is 41.0 Å². The molecular weight excluding hydrogens is 558 g/mol. The number of imide groups is 1. The van der Waals surface area contributed by atoms with Crippen LogP contribution in [-0.4, -0.2) is 29.0 Å². The number of carbonyl (C=O) groups excluding carboxylic acids is 4. The summed E-state index contributed by atoms with van der Waals surface area (Å²) >= 11 is 3.41. The molecule has 7 rings (SSSR count). The molecule has 3 aliphatic rings. The number of halogens is 1. The smallest absolute Gasteiger partial charge is 0.241 e. The predicted molar refractivity (Wildman–Crippen MR) is 147 cm³/mol. The first-order valence-electron chi connectivity index (χ1n) is 12.6. The fourth-order valence-electron chi connectivity index (χ4n) is 6.16. The molecule has 1 spiro atoms. The third kappa shape index (κ3) is 3.30. The summed E-state index contributed by atoms with van der Waals surface area (Å²) in [6, 6.07) is 30.5. The number of carbonyl (C=O) groups is 4. The van der Waals surface area contributed by atoms with E-state index < -0.39 is 46.9 Å². The third-order valence-corrected chi connectivity index (χ3v) is 8.48. The molecule has 4 aromatic rings. The summed E-state index contributed by atoms with van der Waals surface area (Å²) in [6.45, 7) is 0. The van der Waals surface area contributed by atoms with Crippen LogP contribution < -0.4 is 4.90 Å². The van der Waals surface area contributed by atoms with Gasteiger partial charge in [0.2, 0.25) is 29.0 Å². The molecule has 190 valence electrons. The molecule has 2 amide bonds. The topological polar surface area (TPSA) is 80.8 Å². The molecule has 0 bridgehead atoms. The van der Waals surface area contributed by atoms with E-state index in [0.717, 1.165) is 20.5 Å². The van der Waals surface area contributed by atoms with Crippen LogP contribution in [0.15, 0.2) is 108 Å². The molecule has 39 heavy (non-hydrogen) atoms. The first-order valence-corrected chi connectivity index (χ1v) is 13.4. The fraction of sp³-hybridized carbons (Fsp3) is 0.125. The molecule has 1 aliphatic carbocycles. The highest BCUT2D eigenvalue weighted by atomic mass is 79.9. The van der Waals surface area contributed by atoms with Crippen molar-refractivity contribution in [3.63, 3.8) is 0 Å². The van der Waals surface area contributed by atoms with Gasteiger partial charge in [0.05, 0.1) is 23.6 Å². The summed E-state index contributed by atoms with van der Waals surface area (Å²) in [5, 5.41) is 0. The molecule has 4 aromatic carbocycles. The minimum absolute atomic E-state index is 0.212. The molecule has 2 fully saturated rings. The minimum atomic E-state index is -2.09. The maximum absolute atomic E-state index is 14.1. The van der Waals surface area contributed by atoms with Crippen LogP contribution in [0.5, 0.6) is 0 Å². The number of amides is 2. The van der Waals surface area contributed by atoms with Gasteiger partial charge in [-0.15, -0.1) is 0 Å². The Morgan fingerprint density at radius 2 is 1.21 bits per heavy atom. The van der Waals surface area contributed by atoms with Gasteiger partial charge in [0.25, 0.3) is 0 Å². The molecule has 0 aromatic heterocycles. The summed E-state index contributed by atoms with van der Waals surface area (Å²) in [5.41, 5.74) is 1.28. The van der Waals surface area contributed by atoms with Crippen LogP contribution in [0.25, 0.3) is 11.1 Å². The number of ketones is 2. The second kappa shape index (κ2) is 8.66. The van der Waals surface area contributed by atoms with Crippen LogP contribution in [0.2, 0.25) is 0 Å². The zero-order valence-electron chi connectivity index (χ0n) is 20.4. The van der Waals surface area contributed by atoms with Crippen molar-refractivity contribution in [1.29, 1.82) is 0 Å². The molecule has 7 heteroatoms. The van der Waals surface area contributed by atoms with Gasteiger partial charge in [-0.1, -0.05) is 94.8 Å². The van der Waals surface area contributed by atoms with E-state index in [0.29, 0.717) is 11.3 Å². The lowest BCUT2D eigenvalue weighted by atomic mass is 9.77. The average Bonchev–Trinajstić information content (AvgIpc) is 3.54. The Hall–Kier alpha value is -4.20. The monoisotopic (exact) mass is 577 g/mol. The van der Waals surface area contributed by atoms with Crippen molar-refractivity contribution in [2.75, 3.05) is 4.90 Å². The Kier molecular flexibility index (Phi) is 5.30. The van der Waals surface area contributed by atoms with E-state index in [2.05, 4.69) is 15.9 Å². The number of Topliss-reactive ketones (excluding diaryl/α,β-unsaturated/α-hetero) is 2. The average molecular weight is 578 g/mol. The SMILES string of the molecule is O=C1C2C(c3ccc(Br)cc3)OC3(C(=O)c4ccccc4C3=O)C2C(=O)N1c1ccc(-c2ccccc2)cc1. The standard InChI is InChI=1S/C32H20BrNO5/c33-21-14-10-20(11-15-21)27-25-26(32(39-27)28(35)23-8-4-5-9-24(23)29(32)36)31(38)34(30(25)37)22-16-12-19(13-17-22)18-6-2-1-3-7-18/h1-17,25-27H. The molecular formula is C32H20BrNO5. The Morgan fingerprint density at radius 3 is 1.82 bits per heavy atom. The number of fused-ring (bicyclic) bond motifs is 3. The van der Waals surface area contributed by atoms with Gasteiger partial charge >= 0.3 is 0 Å². The lowest BCUT2D eigenvalue weighted by Gasteiger charge is -2.27. The van der Waals surface area contributed by atoms with Crippen LogP contribution in [0.4, 0.5) is 5.69 Å². The lowest BCUT2D eigenvalue weighted by molar-refractivity contribution is -0.127. The summed E-state index contributed by atoms with van der Waals surface area (Å²) < 4.78 is 7.15. The first-order chi connectivity index (χ1) is 18.9. The largest absolute Gasteiger partial charge is 0.349 e. The molecule has 2 aliphatic heterocycles. The normalized spacial score (nSPS) is 23.0. The molecule has 3 unspecified atom stereocenters. The Balaban J connectivity index is 1.34. The van der Waals surface area contributed by atoms with E-state index in [9.17, 15) is 19.2 Å². The van der Waals surface area contributed by atoms with Crippen LogP contribution in [0.3, 0.4) is 0 Å². The Bertz CT molecular complexity index is 1650. The molecule has 2 saturated heterocycles. The van der Waals surface area contributed by atoms with Crippen LogP contribution in [0, 0.1) is 11.8 Å². The first kappa shape index (κ1) is 23.9. The van der Waals surface area contributed by atoms with Crippen LogP contribution >= 0.6 is 15.9 Å². The number of ether oxygens (including phenoxy) is 1. The number of rotatable bonds is 3. The van der Waals surface area contributed by atoms with E-state index in [1.807, 2.05) is 42.5 Å². The van der Waals surface area contributed by atoms with Crippen molar-refractivity contribution in [2.24, 2.45) is 11.8 Å². The molecule has 6 nitrogen and oxygen atoms in total. The molecule has 3 atom stereocenters. The fourth-order valence-corrected chi connectivity index (χ4v) is 6.42. The highest BCUT2D eigenvalue weighted by molar-refractivity contribution is 9.10. The highest BCUT2D eigenvalue weighted by Gasteiger charge is 2.74. The minimum Gasteiger partial charge on any atom is -0.349 e. The zero-order chi connectivity index (χ0) is 26.9.